The number of rotatable bonds is 2. The monoisotopic (exact) mass is 196 g/mol. The van der Waals surface area contributed by atoms with Crippen molar-refractivity contribution in [2.24, 2.45) is 0 Å². The minimum atomic E-state index is -1.39. The van der Waals surface area contributed by atoms with E-state index in [0.717, 1.165) is 0 Å². The second-order valence-electron chi connectivity index (χ2n) is 2.86. The number of ether oxygens (including phenoxy) is 1. The topological polar surface area (TPSA) is 61.3 Å². The zero-order chi connectivity index (χ0) is 10.1. The van der Waals surface area contributed by atoms with E-state index in [9.17, 15) is 4.39 Å². The average molecular weight is 196 g/mol. The highest BCUT2D eigenvalue weighted by molar-refractivity contribution is 5.92. The summed E-state index contributed by atoms with van der Waals surface area (Å²) in [5, 5.41) is 4.08. The maximum absolute atomic E-state index is 12.6. The van der Waals surface area contributed by atoms with Gasteiger partial charge in [-0.05, 0) is 12.1 Å². The van der Waals surface area contributed by atoms with Gasteiger partial charge in [0.05, 0.1) is 0 Å². The molecule has 5 heteroatoms. The summed E-state index contributed by atoms with van der Waals surface area (Å²) < 4.78 is 22.5. The molecule has 0 saturated carbocycles. The summed E-state index contributed by atoms with van der Waals surface area (Å²) in [5.41, 5.74) is 6.03. The van der Waals surface area contributed by atoms with Crippen LogP contribution in [0.2, 0.25) is 0 Å². The maximum atomic E-state index is 12.6. The number of benzene rings is 1. The number of alkyl halides is 1. The molecule has 0 aliphatic rings. The summed E-state index contributed by atoms with van der Waals surface area (Å²) in [6.07, 6.45) is -1.39. The molecule has 0 fully saturated rings. The first kappa shape index (κ1) is 8.80. The third-order valence-corrected chi connectivity index (χ3v) is 1.78. The summed E-state index contributed by atoms with van der Waals surface area (Å²) >= 11 is 0. The van der Waals surface area contributed by atoms with Crippen LogP contribution in [0.25, 0.3) is 11.0 Å². The van der Waals surface area contributed by atoms with Crippen LogP contribution < -0.4 is 10.5 Å². The summed E-state index contributed by atoms with van der Waals surface area (Å²) in [4.78, 5) is 0. The van der Waals surface area contributed by atoms with Gasteiger partial charge in [0.25, 0.3) is 0 Å². The van der Waals surface area contributed by atoms with Gasteiger partial charge < -0.3 is 15.0 Å². The Kier molecular flexibility index (Phi) is 1.99. The minimum absolute atomic E-state index is 0.205. The molecule has 0 aliphatic carbocycles. The van der Waals surface area contributed by atoms with Crippen molar-refractivity contribution < 1.29 is 13.7 Å². The van der Waals surface area contributed by atoms with Crippen LogP contribution in [0.15, 0.2) is 22.7 Å². The van der Waals surface area contributed by atoms with Gasteiger partial charge in [-0.2, -0.15) is 0 Å². The summed E-state index contributed by atoms with van der Waals surface area (Å²) in [6.45, 7) is 1.29. The number of fused-ring (bicyclic) bond motifs is 1. The largest absolute Gasteiger partial charge is 0.460 e. The molecule has 4 nitrogen and oxygen atoms in total. The lowest BCUT2D eigenvalue weighted by molar-refractivity contribution is 0.0878. The van der Waals surface area contributed by atoms with Gasteiger partial charge in [-0.3, -0.25) is 0 Å². The Hall–Kier alpha value is -1.78. The first-order chi connectivity index (χ1) is 6.68. The van der Waals surface area contributed by atoms with Crippen molar-refractivity contribution in [2.45, 2.75) is 13.3 Å². The SMILES string of the molecule is CC(F)Oc1cccc2onc(N)c12. The Morgan fingerprint density at radius 1 is 1.57 bits per heavy atom. The Balaban J connectivity index is 2.57. The number of nitrogens with two attached hydrogens (primary N) is 1. The molecule has 0 spiro atoms. The number of hydrogen-bond donors (Lipinski definition) is 1. The Labute approximate surface area is 79.4 Å². The molecular formula is C9H9FN2O2. The first-order valence-corrected chi connectivity index (χ1v) is 4.13. The quantitative estimate of drug-likeness (QED) is 0.798. The molecule has 2 N–H and O–H groups in total. The fourth-order valence-corrected chi connectivity index (χ4v) is 1.26. The molecular weight excluding hydrogens is 187 g/mol. The van der Waals surface area contributed by atoms with Gasteiger partial charge in [-0.1, -0.05) is 11.2 Å². The van der Waals surface area contributed by atoms with Crippen LogP contribution >= 0.6 is 0 Å². The molecule has 0 radical (unpaired) electrons. The van der Waals surface area contributed by atoms with E-state index in [4.69, 9.17) is 15.0 Å². The number of nitrogen functional groups attached to an aromatic ring is 1. The van der Waals surface area contributed by atoms with Crippen LogP contribution in [0.3, 0.4) is 0 Å². The zero-order valence-electron chi connectivity index (χ0n) is 7.53. The minimum Gasteiger partial charge on any atom is -0.460 e. The molecule has 1 aromatic carbocycles. The van der Waals surface area contributed by atoms with Gasteiger partial charge in [0.2, 0.25) is 6.36 Å². The van der Waals surface area contributed by atoms with Crippen molar-refractivity contribution >= 4 is 16.8 Å². The molecule has 74 valence electrons. The van der Waals surface area contributed by atoms with Gasteiger partial charge in [-0.15, -0.1) is 0 Å². The molecule has 1 unspecified atom stereocenters. The fourth-order valence-electron chi connectivity index (χ4n) is 1.26. The third-order valence-electron chi connectivity index (χ3n) is 1.78. The Bertz CT molecular complexity index is 453. The van der Waals surface area contributed by atoms with Crippen molar-refractivity contribution in [1.29, 1.82) is 0 Å². The molecule has 0 aliphatic heterocycles. The summed E-state index contributed by atoms with van der Waals surface area (Å²) in [7, 11) is 0. The van der Waals surface area contributed by atoms with E-state index in [2.05, 4.69) is 5.16 Å². The number of nitrogens with zero attached hydrogens (tertiary/aromatic N) is 1. The maximum Gasteiger partial charge on any atom is 0.235 e. The molecule has 1 aromatic heterocycles. The van der Waals surface area contributed by atoms with E-state index in [1.807, 2.05) is 0 Å². The van der Waals surface area contributed by atoms with Crippen LogP contribution in [0.4, 0.5) is 10.2 Å². The van der Waals surface area contributed by atoms with E-state index in [1.165, 1.54) is 6.92 Å². The number of halogens is 1. The lowest BCUT2D eigenvalue weighted by Gasteiger charge is -2.06. The van der Waals surface area contributed by atoms with Crippen molar-refractivity contribution in [2.75, 3.05) is 5.73 Å². The molecule has 1 heterocycles. The lowest BCUT2D eigenvalue weighted by Crippen LogP contribution is -2.04. The van der Waals surface area contributed by atoms with Gasteiger partial charge >= 0.3 is 0 Å². The van der Waals surface area contributed by atoms with E-state index < -0.39 is 6.36 Å². The van der Waals surface area contributed by atoms with E-state index >= 15 is 0 Å². The smallest absolute Gasteiger partial charge is 0.235 e. The highest BCUT2D eigenvalue weighted by Crippen LogP contribution is 2.30. The predicted molar refractivity (Wildman–Crippen MR) is 49.6 cm³/mol. The highest BCUT2D eigenvalue weighted by atomic mass is 19.1. The standard InChI is InChI=1S/C9H9FN2O2/c1-5(10)13-6-3-2-4-7-8(6)9(11)12-14-7/h2-5H,1H3,(H2,11,12). The third kappa shape index (κ3) is 1.37. The Morgan fingerprint density at radius 2 is 2.36 bits per heavy atom. The second-order valence-corrected chi connectivity index (χ2v) is 2.86. The van der Waals surface area contributed by atoms with Gasteiger partial charge in [0.15, 0.2) is 11.4 Å². The lowest BCUT2D eigenvalue weighted by atomic mass is 10.2. The normalized spacial score (nSPS) is 13.0. The zero-order valence-corrected chi connectivity index (χ0v) is 7.53. The van der Waals surface area contributed by atoms with Gasteiger partial charge in [0.1, 0.15) is 11.1 Å². The van der Waals surface area contributed by atoms with Gasteiger partial charge in [-0.25, -0.2) is 4.39 Å². The van der Waals surface area contributed by atoms with E-state index in [-0.39, 0.29) is 5.82 Å². The van der Waals surface area contributed by atoms with Crippen LogP contribution in [-0.4, -0.2) is 11.5 Å². The average Bonchev–Trinajstić information content (AvgIpc) is 2.48. The number of anilines is 1. The summed E-state index contributed by atoms with van der Waals surface area (Å²) in [5.74, 6) is 0.549. The summed E-state index contributed by atoms with van der Waals surface area (Å²) in [6, 6.07) is 4.99. The molecule has 0 amide bonds. The second kappa shape index (κ2) is 3.17. The highest BCUT2D eigenvalue weighted by Gasteiger charge is 2.12. The molecule has 0 saturated heterocycles. The predicted octanol–water partition coefficient (Wildman–Crippen LogP) is 2.10. The van der Waals surface area contributed by atoms with Crippen LogP contribution in [0, 0.1) is 0 Å². The van der Waals surface area contributed by atoms with E-state index in [0.29, 0.717) is 16.7 Å². The van der Waals surface area contributed by atoms with Crippen molar-refractivity contribution in [3.05, 3.63) is 18.2 Å². The molecule has 1 atom stereocenters. The number of hydrogen-bond acceptors (Lipinski definition) is 4. The van der Waals surface area contributed by atoms with Gasteiger partial charge in [0, 0.05) is 6.92 Å². The van der Waals surface area contributed by atoms with Crippen molar-refractivity contribution in [1.82, 2.24) is 5.16 Å². The molecule has 14 heavy (non-hydrogen) atoms. The Morgan fingerprint density at radius 3 is 3.07 bits per heavy atom. The molecule has 2 aromatic rings. The van der Waals surface area contributed by atoms with Crippen LogP contribution in [0.1, 0.15) is 6.92 Å². The molecule has 0 bridgehead atoms. The molecule has 2 rings (SSSR count). The van der Waals surface area contributed by atoms with E-state index in [1.54, 1.807) is 18.2 Å². The van der Waals surface area contributed by atoms with Crippen molar-refractivity contribution in [3.63, 3.8) is 0 Å². The van der Waals surface area contributed by atoms with Crippen LogP contribution in [0.5, 0.6) is 5.75 Å². The fraction of sp³-hybridized carbons (Fsp3) is 0.222. The first-order valence-electron chi connectivity index (χ1n) is 4.13. The van der Waals surface area contributed by atoms with Crippen LogP contribution in [-0.2, 0) is 0 Å². The number of aromatic nitrogens is 1. The van der Waals surface area contributed by atoms with Crippen molar-refractivity contribution in [3.8, 4) is 5.75 Å².